The standard InChI is InChI=1S/C13H19N3O3S2/c1-8-11(12(17)18)21-10(16-8)7-15-13(19)14-6-9-2-4-20-5-3-9/h9H,2-7H2,1H3,(H,17,18)(H2,14,15,19). The van der Waals surface area contributed by atoms with E-state index in [1.165, 1.54) is 11.5 Å². The third-order valence-corrected chi connectivity index (χ3v) is 5.52. The minimum Gasteiger partial charge on any atom is -0.477 e. The number of hydrogen-bond donors (Lipinski definition) is 3. The van der Waals surface area contributed by atoms with Crippen LogP contribution in [-0.2, 0) is 6.54 Å². The Morgan fingerprint density at radius 1 is 1.33 bits per heavy atom. The van der Waals surface area contributed by atoms with Gasteiger partial charge in [-0.05, 0) is 37.2 Å². The molecule has 1 aromatic heterocycles. The number of thioether (sulfide) groups is 1. The highest BCUT2D eigenvalue weighted by atomic mass is 32.2. The van der Waals surface area contributed by atoms with Crippen LogP contribution < -0.4 is 10.6 Å². The van der Waals surface area contributed by atoms with Crippen LogP contribution >= 0.6 is 23.1 Å². The molecular weight excluding hydrogens is 310 g/mol. The van der Waals surface area contributed by atoms with Gasteiger partial charge in [-0.2, -0.15) is 11.8 Å². The van der Waals surface area contributed by atoms with Gasteiger partial charge >= 0.3 is 12.0 Å². The lowest BCUT2D eigenvalue weighted by Gasteiger charge is -2.21. The molecule has 0 saturated carbocycles. The zero-order chi connectivity index (χ0) is 15.2. The molecule has 116 valence electrons. The molecule has 1 saturated heterocycles. The van der Waals surface area contributed by atoms with Crippen molar-refractivity contribution in [2.75, 3.05) is 18.1 Å². The van der Waals surface area contributed by atoms with Gasteiger partial charge in [0, 0.05) is 6.54 Å². The summed E-state index contributed by atoms with van der Waals surface area (Å²) in [4.78, 5) is 27.0. The zero-order valence-corrected chi connectivity index (χ0v) is 13.5. The van der Waals surface area contributed by atoms with Gasteiger partial charge in [0.2, 0.25) is 0 Å². The van der Waals surface area contributed by atoms with E-state index in [0.29, 0.717) is 23.2 Å². The molecule has 3 N–H and O–H groups in total. The van der Waals surface area contributed by atoms with Gasteiger partial charge in [-0.15, -0.1) is 11.3 Å². The first kappa shape index (κ1) is 16.1. The van der Waals surface area contributed by atoms with E-state index in [9.17, 15) is 9.59 Å². The molecule has 2 rings (SSSR count). The van der Waals surface area contributed by atoms with Crippen LogP contribution in [0.5, 0.6) is 0 Å². The van der Waals surface area contributed by atoms with Crippen LogP contribution in [0.2, 0.25) is 0 Å². The quantitative estimate of drug-likeness (QED) is 0.769. The summed E-state index contributed by atoms with van der Waals surface area (Å²) in [6, 6.07) is -0.224. The molecule has 0 unspecified atom stereocenters. The molecule has 1 aromatic rings. The minimum atomic E-state index is -0.976. The molecular formula is C13H19N3O3S2. The number of carbonyl (C=O) groups is 2. The van der Waals surface area contributed by atoms with Crippen LogP contribution in [0.25, 0.3) is 0 Å². The maximum absolute atomic E-state index is 11.7. The summed E-state index contributed by atoms with van der Waals surface area (Å²) < 4.78 is 0. The Labute approximate surface area is 131 Å². The van der Waals surface area contributed by atoms with E-state index >= 15 is 0 Å². The monoisotopic (exact) mass is 329 g/mol. The number of amides is 2. The maximum atomic E-state index is 11.7. The molecule has 0 aliphatic carbocycles. The summed E-state index contributed by atoms with van der Waals surface area (Å²) in [7, 11) is 0. The summed E-state index contributed by atoms with van der Waals surface area (Å²) in [5, 5.41) is 15.1. The largest absolute Gasteiger partial charge is 0.477 e. The number of carbonyl (C=O) groups excluding carboxylic acids is 1. The molecule has 0 atom stereocenters. The van der Waals surface area contributed by atoms with Gasteiger partial charge in [0.1, 0.15) is 9.88 Å². The lowest BCUT2D eigenvalue weighted by Crippen LogP contribution is -2.38. The van der Waals surface area contributed by atoms with Gasteiger partial charge in [-0.25, -0.2) is 14.6 Å². The average Bonchev–Trinajstić information content (AvgIpc) is 2.85. The zero-order valence-electron chi connectivity index (χ0n) is 11.8. The summed E-state index contributed by atoms with van der Waals surface area (Å²) in [5.74, 6) is 1.93. The number of carboxylic acids is 1. The highest BCUT2D eigenvalue weighted by molar-refractivity contribution is 7.99. The van der Waals surface area contributed by atoms with Crippen molar-refractivity contribution < 1.29 is 14.7 Å². The molecule has 1 aliphatic rings. The van der Waals surface area contributed by atoms with E-state index in [1.807, 2.05) is 11.8 Å². The Morgan fingerprint density at radius 3 is 2.67 bits per heavy atom. The number of rotatable bonds is 5. The first-order valence-corrected chi connectivity index (χ1v) is 8.82. The van der Waals surface area contributed by atoms with Crippen molar-refractivity contribution >= 4 is 35.1 Å². The maximum Gasteiger partial charge on any atom is 0.347 e. The second-order valence-corrected chi connectivity index (χ2v) is 7.25. The Balaban J connectivity index is 1.73. The Hall–Kier alpha value is -1.28. The predicted octanol–water partition coefficient (Wildman–Crippen LogP) is 2.09. The highest BCUT2D eigenvalue weighted by Gasteiger charge is 2.16. The van der Waals surface area contributed by atoms with Crippen molar-refractivity contribution in [3.05, 3.63) is 15.6 Å². The molecule has 2 amide bonds. The van der Waals surface area contributed by atoms with E-state index in [4.69, 9.17) is 5.11 Å². The number of thiazole rings is 1. The molecule has 1 fully saturated rings. The third-order valence-electron chi connectivity index (χ3n) is 3.33. The van der Waals surface area contributed by atoms with Crippen molar-refractivity contribution in [1.29, 1.82) is 0 Å². The van der Waals surface area contributed by atoms with Crippen LogP contribution in [0, 0.1) is 12.8 Å². The summed E-state index contributed by atoms with van der Waals surface area (Å²) in [5.41, 5.74) is 0.490. The minimum absolute atomic E-state index is 0.224. The molecule has 6 nitrogen and oxygen atoms in total. The van der Waals surface area contributed by atoms with Crippen LogP contribution in [0.3, 0.4) is 0 Å². The number of carboxylic acid groups (broad SMARTS) is 1. The average molecular weight is 329 g/mol. The van der Waals surface area contributed by atoms with Gasteiger partial charge < -0.3 is 15.7 Å². The fourth-order valence-corrected chi connectivity index (χ4v) is 4.18. The van der Waals surface area contributed by atoms with Crippen LogP contribution in [-0.4, -0.2) is 40.1 Å². The van der Waals surface area contributed by atoms with Crippen molar-refractivity contribution in [2.45, 2.75) is 26.3 Å². The summed E-state index contributed by atoms with van der Waals surface area (Å²) >= 11 is 3.06. The molecule has 0 spiro atoms. The Morgan fingerprint density at radius 2 is 2.05 bits per heavy atom. The lowest BCUT2D eigenvalue weighted by atomic mass is 10.0. The van der Waals surface area contributed by atoms with Gasteiger partial charge in [0.05, 0.1) is 12.2 Å². The topological polar surface area (TPSA) is 91.3 Å². The normalized spacial score (nSPS) is 15.7. The van der Waals surface area contributed by atoms with Gasteiger partial charge in [0.15, 0.2) is 0 Å². The number of nitrogens with one attached hydrogen (secondary N) is 2. The van der Waals surface area contributed by atoms with E-state index in [0.717, 1.165) is 24.2 Å². The molecule has 0 radical (unpaired) electrons. The van der Waals surface area contributed by atoms with E-state index in [2.05, 4.69) is 15.6 Å². The number of aromatic nitrogens is 1. The van der Waals surface area contributed by atoms with Crippen LogP contribution in [0.4, 0.5) is 4.79 Å². The Bertz CT molecular complexity index is 513. The van der Waals surface area contributed by atoms with Crippen molar-refractivity contribution in [3.63, 3.8) is 0 Å². The number of urea groups is 1. The number of hydrogen-bond acceptors (Lipinski definition) is 5. The molecule has 2 heterocycles. The van der Waals surface area contributed by atoms with E-state index < -0.39 is 5.97 Å². The Kier molecular flexibility index (Phi) is 5.86. The second-order valence-electron chi connectivity index (χ2n) is 4.95. The predicted molar refractivity (Wildman–Crippen MR) is 84.1 cm³/mol. The SMILES string of the molecule is Cc1nc(CNC(=O)NCC2CCSCC2)sc1C(=O)O. The van der Waals surface area contributed by atoms with E-state index in [-0.39, 0.29) is 17.5 Å². The van der Waals surface area contributed by atoms with Crippen molar-refractivity contribution in [3.8, 4) is 0 Å². The fraction of sp³-hybridized carbons (Fsp3) is 0.615. The van der Waals surface area contributed by atoms with E-state index in [1.54, 1.807) is 6.92 Å². The third kappa shape index (κ3) is 4.89. The summed E-state index contributed by atoms with van der Waals surface area (Å²) in [6.45, 7) is 2.61. The number of aryl methyl sites for hydroxylation is 1. The first-order valence-electron chi connectivity index (χ1n) is 6.85. The molecule has 21 heavy (non-hydrogen) atoms. The highest BCUT2D eigenvalue weighted by Crippen LogP contribution is 2.21. The number of nitrogens with zero attached hydrogens (tertiary/aromatic N) is 1. The number of aromatic carboxylic acids is 1. The second kappa shape index (κ2) is 7.65. The molecule has 8 heteroatoms. The molecule has 0 aromatic carbocycles. The lowest BCUT2D eigenvalue weighted by molar-refractivity contribution is 0.0701. The van der Waals surface area contributed by atoms with Gasteiger partial charge in [0.25, 0.3) is 0 Å². The first-order chi connectivity index (χ1) is 10.1. The van der Waals surface area contributed by atoms with Crippen molar-refractivity contribution in [1.82, 2.24) is 15.6 Å². The molecule has 1 aliphatic heterocycles. The van der Waals surface area contributed by atoms with Gasteiger partial charge in [-0.3, -0.25) is 0 Å². The van der Waals surface area contributed by atoms with Crippen LogP contribution in [0.15, 0.2) is 0 Å². The smallest absolute Gasteiger partial charge is 0.347 e. The molecule has 0 bridgehead atoms. The van der Waals surface area contributed by atoms with Crippen LogP contribution in [0.1, 0.15) is 33.2 Å². The fourth-order valence-electron chi connectivity index (χ4n) is 2.13. The van der Waals surface area contributed by atoms with Gasteiger partial charge in [-0.1, -0.05) is 0 Å². The summed E-state index contributed by atoms with van der Waals surface area (Å²) in [6.07, 6.45) is 2.30. The van der Waals surface area contributed by atoms with Crippen molar-refractivity contribution in [2.24, 2.45) is 5.92 Å².